The topological polar surface area (TPSA) is 46.9 Å². The molecular weight excluding hydrogens is 273 g/mol. The summed E-state index contributed by atoms with van der Waals surface area (Å²) in [4.78, 5) is 3.91. The maximum absolute atomic E-state index is 12.4. The second kappa shape index (κ2) is 6.60. The van der Waals surface area contributed by atoms with E-state index in [9.17, 15) is 23.4 Å². The van der Waals surface area contributed by atoms with Crippen LogP contribution >= 0.6 is 0 Å². The van der Waals surface area contributed by atoms with Crippen molar-refractivity contribution in [2.24, 2.45) is 0 Å². The molecule has 2 rings (SSSR count). The number of alkyl halides is 3. The van der Waals surface area contributed by atoms with Gasteiger partial charge in [0, 0.05) is 25.2 Å². The van der Waals surface area contributed by atoms with Crippen molar-refractivity contribution >= 4 is 0 Å². The van der Waals surface area contributed by atoms with Crippen LogP contribution in [0.25, 0.3) is 0 Å². The third kappa shape index (κ3) is 3.84. The summed E-state index contributed by atoms with van der Waals surface area (Å²) in [7, 11) is 0. The first-order chi connectivity index (χ1) is 9.41. The maximum atomic E-state index is 12.4. The van der Waals surface area contributed by atoms with Gasteiger partial charge in [-0.25, -0.2) is 0 Å². The van der Waals surface area contributed by atoms with Crippen molar-refractivity contribution < 1.29 is 23.4 Å². The molecule has 0 bridgehead atoms. The molecule has 3 atom stereocenters. The molecule has 0 aromatic carbocycles. The van der Waals surface area contributed by atoms with Gasteiger partial charge >= 0.3 is 6.18 Å². The highest BCUT2D eigenvalue weighted by Crippen LogP contribution is 2.26. The van der Waals surface area contributed by atoms with E-state index in [4.69, 9.17) is 0 Å². The van der Waals surface area contributed by atoms with Crippen molar-refractivity contribution in [3.63, 3.8) is 0 Å². The number of likely N-dealkylation sites (tertiary alicyclic amines) is 2. The molecule has 3 unspecified atom stereocenters. The Hall–Kier alpha value is -0.370. The molecule has 0 amide bonds. The molecule has 2 saturated heterocycles. The molecule has 2 aliphatic rings. The second-order valence-corrected chi connectivity index (χ2v) is 5.82. The van der Waals surface area contributed by atoms with Gasteiger partial charge in [-0.05, 0) is 38.8 Å². The van der Waals surface area contributed by atoms with Gasteiger partial charge in [-0.15, -0.1) is 0 Å². The van der Waals surface area contributed by atoms with E-state index >= 15 is 0 Å². The Labute approximate surface area is 117 Å². The van der Waals surface area contributed by atoms with Crippen molar-refractivity contribution in [3.8, 4) is 0 Å². The molecule has 0 aliphatic carbocycles. The molecular formula is C13H23F3N2O2. The molecule has 20 heavy (non-hydrogen) atoms. The zero-order valence-electron chi connectivity index (χ0n) is 11.5. The van der Waals surface area contributed by atoms with Crippen LogP contribution in [0.3, 0.4) is 0 Å². The summed E-state index contributed by atoms with van der Waals surface area (Å²) < 4.78 is 37.3. The van der Waals surface area contributed by atoms with Gasteiger partial charge in [0.25, 0.3) is 0 Å². The zero-order valence-corrected chi connectivity index (χ0v) is 11.5. The number of β-amino-alcohol motifs (C(OH)–C–C–N with tert-alkyl or cyclic N) is 1. The molecule has 2 N–H and O–H groups in total. The first-order valence-corrected chi connectivity index (χ1v) is 7.25. The van der Waals surface area contributed by atoms with Crippen LogP contribution in [0.5, 0.6) is 0 Å². The molecule has 2 heterocycles. The van der Waals surface area contributed by atoms with Crippen molar-refractivity contribution in [1.82, 2.24) is 9.80 Å². The van der Waals surface area contributed by atoms with E-state index in [1.54, 1.807) is 4.90 Å². The van der Waals surface area contributed by atoms with Gasteiger partial charge in [-0.2, -0.15) is 13.2 Å². The third-order valence-corrected chi connectivity index (χ3v) is 4.44. The second-order valence-electron chi connectivity index (χ2n) is 5.82. The minimum Gasteiger partial charge on any atom is -0.395 e. The molecule has 2 aliphatic heterocycles. The van der Waals surface area contributed by atoms with Crippen LogP contribution in [0.4, 0.5) is 13.2 Å². The van der Waals surface area contributed by atoms with Gasteiger partial charge in [0.05, 0.1) is 6.61 Å². The average molecular weight is 296 g/mol. The van der Waals surface area contributed by atoms with E-state index < -0.39 is 12.3 Å². The van der Waals surface area contributed by atoms with Gasteiger partial charge in [0.15, 0.2) is 6.10 Å². The Kier molecular flexibility index (Phi) is 5.28. The molecule has 0 radical (unpaired) electrons. The van der Waals surface area contributed by atoms with Crippen LogP contribution in [0, 0.1) is 0 Å². The standard InChI is InChI=1S/C13H23F3N2O2/c14-13(15,16)12(20)8-18-6-1-3-10(18)7-17-5-2-4-11(17)9-19/h10-12,19-20H,1-9H2. The molecule has 0 saturated carbocycles. The number of hydrogen-bond donors (Lipinski definition) is 2. The molecule has 0 aromatic rings. The summed E-state index contributed by atoms with van der Waals surface area (Å²) in [5, 5.41) is 18.5. The lowest BCUT2D eigenvalue weighted by Crippen LogP contribution is -2.48. The summed E-state index contributed by atoms with van der Waals surface area (Å²) in [6, 6.07) is 0.198. The highest BCUT2D eigenvalue weighted by molar-refractivity contribution is 4.88. The predicted octanol–water partition coefficient (Wildman–Crippen LogP) is 0.831. The molecule has 118 valence electrons. The first kappa shape index (κ1) is 16.0. The molecule has 7 heteroatoms. The summed E-state index contributed by atoms with van der Waals surface area (Å²) >= 11 is 0. The number of nitrogens with zero attached hydrogens (tertiary/aromatic N) is 2. The van der Waals surface area contributed by atoms with Crippen molar-refractivity contribution in [1.29, 1.82) is 0 Å². The van der Waals surface area contributed by atoms with E-state index in [2.05, 4.69) is 4.90 Å². The van der Waals surface area contributed by atoms with Gasteiger partial charge in [0.2, 0.25) is 0 Å². The molecule has 0 aromatic heterocycles. The highest BCUT2D eigenvalue weighted by Gasteiger charge is 2.41. The van der Waals surface area contributed by atoms with Crippen LogP contribution in [-0.4, -0.2) is 77.2 Å². The lowest BCUT2D eigenvalue weighted by Gasteiger charge is -2.32. The number of aliphatic hydroxyl groups excluding tert-OH is 2. The Morgan fingerprint density at radius 3 is 2.25 bits per heavy atom. The first-order valence-electron chi connectivity index (χ1n) is 7.25. The Morgan fingerprint density at radius 1 is 1.05 bits per heavy atom. The van der Waals surface area contributed by atoms with Crippen molar-refractivity contribution in [3.05, 3.63) is 0 Å². The van der Waals surface area contributed by atoms with Gasteiger partial charge in [0.1, 0.15) is 0 Å². The highest BCUT2D eigenvalue weighted by atomic mass is 19.4. The fourth-order valence-electron chi connectivity index (χ4n) is 3.28. The predicted molar refractivity (Wildman–Crippen MR) is 68.3 cm³/mol. The minimum atomic E-state index is -4.55. The SMILES string of the molecule is OCC1CCCN1CC1CCCN1CC(O)C(F)(F)F. The van der Waals surface area contributed by atoms with Crippen molar-refractivity contribution in [2.75, 3.05) is 32.8 Å². The summed E-state index contributed by atoms with van der Waals surface area (Å²) in [5.41, 5.74) is 0. The van der Waals surface area contributed by atoms with Gasteiger partial charge < -0.3 is 10.2 Å². The quantitative estimate of drug-likeness (QED) is 0.789. The Morgan fingerprint density at radius 2 is 1.65 bits per heavy atom. The van der Waals surface area contributed by atoms with E-state index in [1.807, 2.05) is 0 Å². The monoisotopic (exact) mass is 296 g/mol. The zero-order chi connectivity index (χ0) is 14.8. The third-order valence-electron chi connectivity index (χ3n) is 4.44. The van der Waals surface area contributed by atoms with Crippen LogP contribution in [0.1, 0.15) is 25.7 Å². The minimum absolute atomic E-state index is 0.0548. The van der Waals surface area contributed by atoms with Crippen LogP contribution in [0.15, 0.2) is 0 Å². The number of aliphatic hydroxyl groups is 2. The van der Waals surface area contributed by atoms with Gasteiger partial charge in [-0.3, -0.25) is 9.80 Å². The summed E-state index contributed by atoms with van der Waals surface area (Å²) in [6.45, 7) is 1.96. The fraction of sp³-hybridized carbons (Fsp3) is 1.00. The number of hydrogen-bond acceptors (Lipinski definition) is 4. The van der Waals surface area contributed by atoms with Crippen LogP contribution in [-0.2, 0) is 0 Å². The largest absolute Gasteiger partial charge is 0.415 e. The van der Waals surface area contributed by atoms with Gasteiger partial charge in [-0.1, -0.05) is 0 Å². The average Bonchev–Trinajstić information content (AvgIpc) is 2.98. The van der Waals surface area contributed by atoms with Crippen LogP contribution in [0.2, 0.25) is 0 Å². The van der Waals surface area contributed by atoms with E-state index in [0.717, 1.165) is 32.2 Å². The lowest BCUT2D eigenvalue weighted by atomic mass is 10.1. The Bertz CT molecular complexity index is 314. The molecule has 2 fully saturated rings. The van der Waals surface area contributed by atoms with Crippen LogP contribution < -0.4 is 0 Å². The maximum Gasteiger partial charge on any atom is 0.415 e. The normalized spacial score (nSPS) is 31.1. The van der Waals surface area contributed by atoms with Crippen molar-refractivity contribution in [2.45, 2.75) is 50.0 Å². The van der Waals surface area contributed by atoms with E-state index in [0.29, 0.717) is 13.1 Å². The fourth-order valence-corrected chi connectivity index (χ4v) is 3.28. The summed E-state index contributed by atoms with van der Waals surface area (Å²) in [5.74, 6) is 0. The number of halogens is 3. The smallest absolute Gasteiger partial charge is 0.395 e. The summed E-state index contributed by atoms with van der Waals surface area (Å²) in [6.07, 6.45) is -3.10. The molecule has 0 spiro atoms. The Balaban J connectivity index is 1.87. The molecule has 4 nitrogen and oxygen atoms in total. The van der Waals surface area contributed by atoms with E-state index in [1.165, 1.54) is 0 Å². The number of rotatable bonds is 5. The van der Waals surface area contributed by atoms with E-state index in [-0.39, 0.29) is 25.2 Å². The lowest BCUT2D eigenvalue weighted by molar-refractivity contribution is -0.208.